The molecule has 2 fully saturated rings. The maximum Gasteiger partial charge on any atom is 0.324 e. The Labute approximate surface area is 161 Å². The minimum absolute atomic E-state index is 0.0879. The number of thiazole rings is 1. The lowest BCUT2D eigenvalue weighted by Gasteiger charge is -2.26. The predicted molar refractivity (Wildman–Crippen MR) is 104 cm³/mol. The van der Waals surface area contributed by atoms with E-state index in [4.69, 9.17) is 9.72 Å². The fourth-order valence-electron chi connectivity index (χ4n) is 3.04. The molecule has 3 heterocycles. The van der Waals surface area contributed by atoms with Gasteiger partial charge in [-0.05, 0) is 12.1 Å². The lowest BCUT2D eigenvalue weighted by atomic mass is 10.1. The second-order valence-corrected chi connectivity index (χ2v) is 7.16. The van der Waals surface area contributed by atoms with Crippen molar-refractivity contribution in [2.24, 2.45) is 0 Å². The molecule has 2 aliphatic rings. The van der Waals surface area contributed by atoms with Gasteiger partial charge in [0.05, 0.1) is 25.5 Å². The highest BCUT2D eigenvalue weighted by Crippen LogP contribution is 2.28. The van der Waals surface area contributed by atoms with Gasteiger partial charge in [-0.15, -0.1) is 11.3 Å². The summed E-state index contributed by atoms with van der Waals surface area (Å²) in [6.45, 7) is 4.26. The van der Waals surface area contributed by atoms with E-state index in [1.807, 2.05) is 24.3 Å². The molecule has 0 bridgehead atoms. The Balaban J connectivity index is 1.35. The maximum absolute atomic E-state index is 12.1. The highest BCUT2D eigenvalue weighted by atomic mass is 32.1. The monoisotopic (exact) mass is 387 g/mol. The molecule has 27 heavy (non-hydrogen) atoms. The number of morpholine rings is 1. The fourth-order valence-corrected chi connectivity index (χ4v) is 3.93. The number of ether oxygens (including phenoxy) is 1. The van der Waals surface area contributed by atoms with Gasteiger partial charge in [-0.3, -0.25) is 9.69 Å². The standard InChI is InChI=1S/C18H21N5O3S/c24-16(23-6-5-19-17(23)25)11-20-14-3-1-13(2-4-14)15-12-27-18(21-15)22-7-9-26-10-8-22/h1-4,12,20H,5-11H2,(H,19,25). The van der Waals surface area contributed by atoms with E-state index in [1.165, 1.54) is 4.90 Å². The van der Waals surface area contributed by atoms with E-state index >= 15 is 0 Å². The Morgan fingerprint density at radius 1 is 1.22 bits per heavy atom. The molecular formula is C18H21N5O3S. The van der Waals surface area contributed by atoms with Crippen LogP contribution in [0, 0.1) is 0 Å². The van der Waals surface area contributed by atoms with E-state index in [0.29, 0.717) is 13.1 Å². The lowest BCUT2D eigenvalue weighted by Crippen LogP contribution is -2.37. The molecule has 142 valence electrons. The lowest BCUT2D eigenvalue weighted by molar-refractivity contribution is -0.125. The number of anilines is 2. The third-order valence-corrected chi connectivity index (χ3v) is 5.46. The number of urea groups is 1. The van der Waals surface area contributed by atoms with Crippen LogP contribution in [0.25, 0.3) is 11.3 Å². The van der Waals surface area contributed by atoms with Crippen molar-refractivity contribution < 1.29 is 14.3 Å². The van der Waals surface area contributed by atoms with Gasteiger partial charge in [0.25, 0.3) is 0 Å². The molecule has 0 unspecified atom stereocenters. The zero-order valence-corrected chi connectivity index (χ0v) is 15.6. The Morgan fingerprint density at radius 3 is 2.70 bits per heavy atom. The number of amides is 3. The number of carbonyl (C=O) groups excluding carboxylic acids is 2. The Morgan fingerprint density at radius 2 is 2.00 bits per heavy atom. The quantitative estimate of drug-likeness (QED) is 0.811. The van der Waals surface area contributed by atoms with Crippen LogP contribution in [-0.2, 0) is 9.53 Å². The first kappa shape index (κ1) is 17.7. The molecule has 4 rings (SSSR count). The second kappa shape index (κ2) is 7.93. The van der Waals surface area contributed by atoms with Crippen LogP contribution in [0.1, 0.15) is 0 Å². The summed E-state index contributed by atoms with van der Waals surface area (Å²) in [5, 5.41) is 8.77. The summed E-state index contributed by atoms with van der Waals surface area (Å²) in [7, 11) is 0. The molecule has 0 saturated carbocycles. The summed E-state index contributed by atoms with van der Waals surface area (Å²) in [6.07, 6.45) is 0. The number of imide groups is 1. The number of nitrogens with zero attached hydrogens (tertiary/aromatic N) is 3. The van der Waals surface area contributed by atoms with Gasteiger partial charge in [0.2, 0.25) is 5.91 Å². The molecule has 2 N–H and O–H groups in total. The number of hydrogen-bond donors (Lipinski definition) is 2. The van der Waals surface area contributed by atoms with E-state index in [1.54, 1.807) is 11.3 Å². The van der Waals surface area contributed by atoms with E-state index in [-0.39, 0.29) is 18.5 Å². The summed E-state index contributed by atoms with van der Waals surface area (Å²) < 4.78 is 5.38. The Hall–Kier alpha value is -2.65. The van der Waals surface area contributed by atoms with Crippen molar-refractivity contribution in [2.75, 3.05) is 56.2 Å². The van der Waals surface area contributed by atoms with Crippen LogP contribution in [0.15, 0.2) is 29.6 Å². The molecule has 2 saturated heterocycles. The molecule has 0 spiro atoms. The van der Waals surface area contributed by atoms with Crippen molar-refractivity contribution in [1.82, 2.24) is 15.2 Å². The van der Waals surface area contributed by atoms with Crippen LogP contribution in [0.4, 0.5) is 15.6 Å². The van der Waals surface area contributed by atoms with Crippen LogP contribution in [-0.4, -0.2) is 67.8 Å². The first-order chi connectivity index (χ1) is 13.2. The first-order valence-corrected chi connectivity index (χ1v) is 9.79. The number of aromatic nitrogens is 1. The van der Waals surface area contributed by atoms with Gasteiger partial charge in [-0.2, -0.15) is 0 Å². The van der Waals surface area contributed by atoms with Crippen molar-refractivity contribution in [1.29, 1.82) is 0 Å². The zero-order valence-electron chi connectivity index (χ0n) is 14.8. The SMILES string of the molecule is O=C(CNc1ccc(-c2csc(N3CCOCC3)n2)cc1)N1CCNC1=O. The van der Waals surface area contributed by atoms with Gasteiger partial charge in [0, 0.05) is 42.8 Å². The summed E-state index contributed by atoms with van der Waals surface area (Å²) in [5.74, 6) is -0.233. The zero-order chi connectivity index (χ0) is 18.6. The largest absolute Gasteiger partial charge is 0.378 e. The third kappa shape index (κ3) is 4.04. The molecule has 2 aliphatic heterocycles. The fraction of sp³-hybridized carbons (Fsp3) is 0.389. The predicted octanol–water partition coefficient (Wildman–Crippen LogP) is 1.61. The number of nitrogens with one attached hydrogen (secondary N) is 2. The van der Waals surface area contributed by atoms with Crippen molar-refractivity contribution in [3.63, 3.8) is 0 Å². The topological polar surface area (TPSA) is 86.8 Å². The van der Waals surface area contributed by atoms with E-state index in [2.05, 4.69) is 20.9 Å². The molecule has 9 heteroatoms. The summed E-state index contributed by atoms with van der Waals surface area (Å²) in [5.41, 5.74) is 2.80. The highest BCUT2D eigenvalue weighted by Gasteiger charge is 2.25. The van der Waals surface area contributed by atoms with E-state index in [9.17, 15) is 9.59 Å². The average Bonchev–Trinajstić information content (AvgIpc) is 3.37. The van der Waals surface area contributed by atoms with Gasteiger partial charge in [-0.1, -0.05) is 12.1 Å². The van der Waals surface area contributed by atoms with Crippen LogP contribution in [0.2, 0.25) is 0 Å². The Kier molecular flexibility index (Phi) is 5.21. The molecule has 1 aromatic carbocycles. The minimum Gasteiger partial charge on any atom is -0.378 e. The molecule has 0 radical (unpaired) electrons. The number of carbonyl (C=O) groups is 2. The molecule has 1 aromatic heterocycles. The Bertz CT molecular complexity index is 817. The van der Waals surface area contributed by atoms with Crippen molar-refractivity contribution >= 4 is 34.1 Å². The minimum atomic E-state index is -0.322. The van der Waals surface area contributed by atoms with E-state index in [0.717, 1.165) is 48.4 Å². The smallest absolute Gasteiger partial charge is 0.324 e. The van der Waals surface area contributed by atoms with Gasteiger partial charge in [-0.25, -0.2) is 9.78 Å². The molecule has 0 aliphatic carbocycles. The van der Waals surface area contributed by atoms with Gasteiger partial charge in [0.15, 0.2) is 5.13 Å². The van der Waals surface area contributed by atoms with Crippen LogP contribution >= 0.6 is 11.3 Å². The summed E-state index contributed by atoms with van der Waals surface area (Å²) in [4.78, 5) is 31.7. The summed E-state index contributed by atoms with van der Waals surface area (Å²) in [6, 6.07) is 7.47. The van der Waals surface area contributed by atoms with Gasteiger partial charge < -0.3 is 20.3 Å². The van der Waals surface area contributed by atoms with E-state index < -0.39 is 0 Å². The number of rotatable bonds is 5. The molecule has 3 amide bonds. The summed E-state index contributed by atoms with van der Waals surface area (Å²) >= 11 is 1.64. The highest BCUT2D eigenvalue weighted by molar-refractivity contribution is 7.14. The third-order valence-electron chi connectivity index (χ3n) is 4.56. The molecular weight excluding hydrogens is 366 g/mol. The average molecular weight is 387 g/mol. The molecule has 2 aromatic rings. The van der Waals surface area contributed by atoms with Crippen LogP contribution in [0.3, 0.4) is 0 Å². The number of benzene rings is 1. The van der Waals surface area contributed by atoms with Gasteiger partial charge >= 0.3 is 6.03 Å². The van der Waals surface area contributed by atoms with Crippen molar-refractivity contribution in [2.45, 2.75) is 0 Å². The maximum atomic E-state index is 12.1. The van der Waals surface area contributed by atoms with Crippen LogP contribution < -0.4 is 15.5 Å². The van der Waals surface area contributed by atoms with Crippen molar-refractivity contribution in [3.05, 3.63) is 29.6 Å². The first-order valence-electron chi connectivity index (χ1n) is 8.91. The van der Waals surface area contributed by atoms with Crippen molar-refractivity contribution in [3.8, 4) is 11.3 Å². The van der Waals surface area contributed by atoms with Crippen LogP contribution in [0.5, 0.6) is 0 Å². The second-order valence-electron chi connectivity index (χ2n) is 6.32. The number of hydrogen-bond acceptors (Lipinski definition) is 7. The van der Waals surface area contributed by atoms with Gasteiger partial charge in [0.1, 0.15) is 0 Å². The molecule has 8 nitrogen and oxygen atoms in total. The molecule has 0 atom stereocenters. The normalized spacial score (nSPS) is 17.1.